The topological polar surface area (TPSA) is 51.7 Å². The van der Waals surface area contributed by atoms with Crippen LogP contribution < -0.4 is 9.64 Å². The van der Waals surface area contributed by atoms with Gasteiger partial charge in [-0.05, 0) is 45.4 Å². The standard InChI is InChI=1S/C18H19FN2O3/c1-18(2,3)24-17(22)21-11-9-12-14(8-10-20-16(12)21)23-15-7-5-4-6-13(15)19/h4-8,10H,9,11H2,1-3H3. The molecule has 0 bridgehead atoms. The molecule has 1 aromatic heterocycles. The van der Waals surface area contributed by atoms with Crippen molar-refractivity contribution in [3.63, 3.8) is 0 Å². The van der Waals surface area contributed by atoms with Gasteiger partial charge in [0.1, 0.15) is 17.2 Å². The Morgan fingerprint density at radius 2 is 1.96 bits per heavy atom. The third kappa shape index (κ3) is 3.32. The number of hydrogen-bond donors (Lipinski definition) is 0. The van der Waals surface area contributed by atoms with Crippen molar-refractivity contribution < 1.29 is 18.7 Å². The van der Waals surface area contributed by atoms with E-state index in [9.17, 15) is 9.18 Å². The molecule has 0 N–H and O–H groups in total. The summed E-state index contributed by atoms with van der Waals surface area (Å²) in [6.45, 7) is 5.89. The first-order chi connectivity index (χ1) is 11.3. The molecule has 0 saturated carbocycles. The predicted molar refractivity (Wildman–Crippen MR) is 88.0 cm³/mol. The Morgan fingerprint density at radius 3 is 2.67 bits per heavy atom. The minimum absolute atomic E-state index is 0.140. The lowest BCUT2D eigenvalue weighted by molar-refractivity contribution is 0.0583. The van der Waals surface area contributed by atoms with Gasteiger partial charge < -0.3 is 9.47 Å². The lowest BCUT2D eigenvalue weighted by Crippen LogP contribution is -2.36. The average molecular weight is 330 g/mol. The van der Waals surface area contributed by atoms with Gasteiger partial charge in [-0.15, -0.1) is 0 Å². The second-order valence-electron chi connectivity index (χ2n) is 6.53. The fourth-order valence-corrected chi connectivity index (χ4v) is 2.50. The molecule has 0 aliphatic carbocycles. The van der Waals surface area contributed by atoms with Crippen molar-refractivity contribution in [2.75, 3.05) is 11.4 Å². The number of halogens is 1. The van der Waals surface area contributed by atoms with Crippen molar-refractivity contribution in [3.8, 4) is 11.5 Å². The Kier molecular flexibility index (Phi) is 4.13. The van der Waals surface area contributed by atoms with E-state index in [1.807, 2.05) is 20.8 Å². The zero-order valence-corrected chi connectivity index (χ0v) is 13.9. The van der Waals surface area contributed by atoms with E-state index >= 15 is 0 Å². The molecular weight excluding hydrogens is 311 g/mol. The number of nitrogens with zero attached hydrogens (tertiary/aromatic N) is 2. The van der Waals surface area contributed by atoms with Crippen LogP contribution in [-0.4, -0.2) is 23.2 Å². The van der Waals surface area contributed by atoms with E-state index in [0.717, 1.165) is 5.56 Å². The monoisotopic (exact) mass is 330 g/mol. The normalized spacial score (nSPS) is 13.6. The maximum atomic E-state index is 13.8. The maximum absolute atomic E-state index is 13.8. The van der Waals surface area contributed by atoms with Crippen LogP contribution in [0.15, 0.2) is 36.5 Å². The van der Waals surface area contributed by atoms with E-state index in [1.54, 1.807) is 24.3 Å². The highest BCUT2D eigenvalue weighted by Crippen LogP contribution is 2.36. The van der Waals surface area contributed by atoms with Crippen LogP contribution in [0.1, 0.15) is 26.3 Å². The van der Waals surface area contributed by atoms with Crippen LogP contribution in [0.5, 0.6) is 11.5 Å². The van der Waals surface area contributed by atoms with Crippen molar-refractivity contribution in [3.05, 3.63) is 47.9 Å². The summed E-state index contributed by atoms with van der Waals surface area (Å²) in [4.78, 5) is 18.1. The van der Waals surface area contributed by atoms with Crippen LogP contribution in [0.4, 0.5) is 15.0 Å². The molecule has 2 heterocycles. The molecule has 0 unspecified atom stereocenters. The summed E-state index contributed by atoms with van der Waals surface area (Å²) in [6.07, 6.45) is 1.67. The summed E-state index contributed by atoms with van der Waals surface area (Å²) in [5.74, 6) is 0.695. The molecule has 6 heteroatoms. The summed E-state index contributed by atoms with van der Waals surface area (Å²) < 4.78 is 24.9. The molecule has 0 fully saturated rings. The average Bonchev–Trinajstić information content (AvgIpc) is 2.93. The van der Waals surface area contributed by atoms with Gasteiger partial charge in [0, 0.05) is 18.3 Å². The Balaban J connectivity index is 1.87. The molecule has 0 atom stereocenters. The molecule has 2 aromatic rings. The van der Waals surface area contributed by atoms with Gasteiger partial charge in [-0.3, -0.25) is 4.90 Å². The Labute approximate surface area is 140 Å². The van der Waals surface area contributed by atoms with Crippen LogP contribution >= 0.6 is 0 Å². The van der Waals surface area contributed by atoms with Crippen molar-refractivity contribution >= 4 is 11.9 Å². The fourth-order valence-electron chi connectivity index (χ4n) is 2.50. The molecule has 3 rings (SSSR count). The zero-order chi connectivity index (χ0) is 17.3. The van der Waals surface area contributed by atoms with E-state index < -0.39 is 17.5 Å². The highest BCUT2D eigenvalue weighted by Gasteiger charge is 2.32. The number of benzene rings is 1. The van der Waals surface area contributed by atoms with E-state index in [1.165, 1.54) is 17.2 Å². The number of aromatic nitrogens is 1. The highest BCUT2D eigenvalue weighted by atomic mass is 19.1. The Morgan fingerprint density at radius 1 is 1.21 bits per heavy atom. The number of carbonyl (C=O) groups excluding carboxylic acids is 1. The third-order valence-corrected chi connectivity index (χ3v) is 3.50. The first kappa shape index (κ1) is 16.2. The number of pyridine rings is 1. The van der Waals surface area contributed by atoms with Crippen molar-refractivity contribution in [1.82, 2.24) is 4.98 Å². The maximum Gasteiger partial charge on any atom is 0.416 e. The van der Waals surface area contributed by atoms with Gasteiger partial charge in [-0.1, -0.05) is 12.1 Å². The van der Waals surface area contributed by atoms with Crippen molar-refractivity contribution in [2.24, 2.45) is 0 Å². The molecule has 1 aliphatic heterocycles. The van der Waals surface area contributed by atoms with Crippen molar-refractivity contribution in [1.29, 1.82) is 0 Å². The van der Waals surface area contributed by atoms with E-state index in [4.69, 9.17) is 9.47 Å². The number of para-hydroxylation sites is 1. The SMILES string of the molecule is CC(C)(C)OC(=O)N1CCc2c(Oc3ccccc3F)ccnc21. The van der Waals surface area contributed by atoms with E-state index in [-0.39, 0.29) is 5.75 Å². The van der Waals surface area contributed by atoms with Gasteiger partial charge >= 0.3 is 6.09 Å². The van der Waals surface area contributed by atoms with Gasteiger partial charge in [-0.25, -0.2) is 14.2 Å². The van der Waals surface area contributed by atoms with Crippen LogP contribution in [0.3, 0.4) is 0 Å². The number of fused-ring (bicyclic) bond motifs is 1. The smallest absolute Gasteiger partial charge is 0.416 e. The van der Waals surface area contributed by atoms with Crippen LogP contribution in [-0.2, 0) is 11.2 Å². The highest BCUT2D eigenvalue weighted by molar-refractivity contribution is 5.89. The van der Waals surface area contributed by atoms with Crippen LogP contribution in [0, 0.1) is 5.82 Å². The number of hydrogen-bond acceptors (Lipinski definition) is 4. The second-order valence-corrected chi connectivity index (χ2v) is 6.53. The lowest BCUT2D eigenvalue weighted by Gasteiger charge is -2.24. The zero-order valence-electron chi connectivity index (χ0n) is 13.9. The van der Waals surface area contributed by atoms with Gasteiger partial charge in [0.2, 0.25) is 0 Å². The van der Waals surface area contributed by atoms with Gasteiger partial charge in [-0.2, -0.15) is 0 Å². The quantitative estimate of drug-likeness (QED) is 0.823. The molecule has 0 radical (unpaired) electrons. The number of anilines is 1. The van der Waals surface area contributed by atoms with Crippen LogP contribution in [0.25, 0.3) is 0 Å². The molecule has 5 nitrogen and oxygen atoms in total. The molecule has 1 amide bonds. The van der Waals surface area contributed by atoms with Gasteiger partial charge in [0.05, 0.1) is 0 Å². The number of rotatable bonds is 2. The van der Waals surface area contributed by atoms with Gasteiger partial charge in [0.15, 0.2) is 11.6 Å². The van der Waals surface area contributed by atoms with E-state index in [0.29, 0.717) is 24.5 Å². The third-order valence-electron chi connectivity index (χ3n) is 3.50. The van der Waals surface area contributed by atoms with E-state index in [2.05, 4.69) is 4.98 Å². The van der Waals surface area contributed by atoms with Crippen LogP contribution in [0.2, 0.25) is 0 Å². The Hall–Kier alpha value is -2.63. The summed E-state index contributed by atoms with van der Waals surface area (Å²) in [5.41, 5.74) is 0.188. The molecule has 1 aliphatic rings. The molecule has 126 valence electrons. The number of amides is 1. The molecule has 0 spiro atoms. The molecule has 1 aromatic carbocycles. The summed E-state index contributed by atoms with van der Waals surface area (Å²) in [5, 5.41) is 0. The first-order valence-electron chi connectivity index (χ1n) is 7.76. The molecule has 0 saturated heterocycles. The lowest BCUT2D eigenvalue weighted by atomic mass is 10.2. The Bertz CT molecular complexity index is 771. The first-order valence-corrected chi connectivity index (χ1v) is 7.76. The summed E-state index contributed by atoms with van der Waals surface area (Å²) in [6, 6.07) is 7.87. The predicted octanol–water partition coefficient (Wildman–Crippen LogP) is 4.31. The summed E-state index contributed by atoms with van der Waals surface area (Å²) >= 11 is 0. The number of ether oxygens (including phenoxy) is 2. The molecular formula is C18H19FN2O3. The van der Waals surface area contributed by atoms with Gasteiger partial charge in [0.25, 0.3) is 0 Å². The largest absolute Gasteiger partial charge is 0.454 e. The minimum Gasteiger partial charge on any atom is -0.454 e. The van der Waals surface area contributed by atoms with Crippen molar-refractivity contribution in [2.45, 2.75) is 32.8 Å². The minimum atomic E-state index is -0.582. The fraction of sp³-hybridized carbons (Fsp3) is 0.333. The molecule has 24 heavy (non-hydrogen) atoms. The summed E-state index contributed by atoms with van der Waals surface area (Å²) in [7, 11) is 0. The number of carbonyl (C=O) groups is 1. The second kappa shape index (κ2) is 6.11.